The zero-order valence-corrected chi connectivity index (χ0v) is 14.4. The molecule has 1 heterocycles. The van der Waals surface area contributed by atoms with E-state index in [1.165, 1.54) is 11.3 Å². The van der Waals surface area contributed by atoms with Crippen LogP contribution < -0.4 is 4.87 Å². The topological polar surface area (TPSA) is 42.3 Å². The standard InChI is InChI=1S/C15H17BrN2O2S/c1-11-10-21-15(20)18(11)8-7-14(19)17(2)9-12-5-3-4-6-13(12)16/h3-6,10H,7-9H2,1-2H3. The average Bonchev–Trinajstić information content (AvgIpc) is 2.78. The van der Waals surface area contributed by atoms with Crippen LogP contribution in [0, 0.1) is 6.92 Å². The molecule has 1 aromatic carbocycles. The zero-order chi connectivity index (χ0) is 15.4. The van der Waals surface area contributed by atoms with E-state index in [1.807, 2.05) is 36.6 Å². The molecule has 0 unspecified atom stereocenters. The highest BCUT2D eigenvalue weighted by molar-refractivity contribution is 9.10. The van der Waals surface area contributed by atoms with Gasteiger partial charge >= 0.3 is 4.87 Å². The first-order valence-electron chi connectivity index (χ1n) is 6.61. The minimum atomic E-state index is -0.00578. The summed E-state index contributed by atoms with van der Waals surface area (Å²) in [6.07, 6.45) is 0.332. The molecule has 0 N–H and O–H groups in total. The number of rotatable bonds is 5. The van der Waals surface area contributed by atoms with Gasteiger partial charge in [-0.3, -0.25) is 9.59 Å². The summed E-state index contributed by atoms with van der Waals surface area (Å²) in [7, 11) is 1.78. The number of nitrogens with zero attached hydrogens (tertiary/aromatic N) is 2. The van der Waals surface area contributed by atoms with E-state index in [4.69, 9.17) is 0 Å². The van der Waals surface area contributed by atoms with Gasteiger partial charge in [-0.1, -0.05) is 45.5 Å². The fourth-order valence-electron chi connectivity index (χ4n) is 2.04. The Labute approximate surface area is 136 Å². The second kappa shape index (κ2) is 7.04. The van der Waals surface area contributed by atoms with Crippen LogP contribution in [0.25, 0.3) is 0 Å². The molecule has 2 aromatic rings. The van der Waals surface area contributed by atoms with Gasteiger partial charge in [0.2, 0.25) is 5.91 Å². The first-order chi connectivity index (χ1) is 9.99. The van der Waals surface area contributed by atoms with E-state index >= 15 is 0 Å². The second-order valence-corrected chi connectivity index (χ2v) is 6.56. The van der Waals surface area contributed by atoms with Crippen molar-refractivity contribution in [1.82, 2.24) is 9.47 Å². The molecule has 0 saturated heterocycles. The number of aromatic nitrogens is 1. The van der Waals surface area contributed by atoms with E-state index in [9.17, 15) is 9.59 Å². The molecule has 0 bridgehead atoms. The Bertz CT molecular complexity index is 693. The molecule has 4 nitrogen and oxygen atoms in total. The van der Waals surface area contributed by atoms with Gasteiger partial charge in [-0.2, -0.15) is 0 Å². The van der Waals surface area contributed by atoms with E-state index in [2.05, 4.69) is 15.9 Å². The van der Waals surface area contributed by atoms with Crippen molar-refractivity contribution in [2.75, 3.05) is 7.05 Å². The number of aryl methyl sites for hydroxylation is 1. The van der Waals surface area contributed by atoms with Crippen LogP contribution in [0.4, 0.5) is 0 Å². The maximum atomic E-state index is 12.2. The zero-order valence-electron chi connectivity index (χ0n) is 12.0. The quantitative estimate of drug-likeness (QED) is 0.813. The monoisotopic (exact) mass is 368 g/mol. The first-order valence-corrected chi connectivity index (χ1v) is 8.28. The summed E-state index contributed by atoms with van der Waals surface area (Å²) in [4.78, 5) is 25.5. The molecular formula is C15H17BrN2O2S. The highest BCUT2D eigenvalue weighted by atomic mass is 79.9. The fraction of sp³-hybridized carbons (Fsp3) is 0.333. The third-order valence-electron chi connectivity index (χ3n) is 3.32. The van der Waals surface area contributed by atoms with Crippen molar-refractivity contribution < 1.29 is 4.79 Å². The van der Waals surface area contributed by atoms with Gasteiger partial charge < -0.3 is 9.47 Å². The lowest BCUT2D eigenvalue weighted by molar-refractivity contribution is -0.130. The predicted molar refractivity (Wildman–Crippen MR) is 88.5 cm³/mol. The number of carbonyl (C=O) groups is 1. The van der Waals surface area contributed by atoms with Crippen LogP contribution in [-0.4, -0.2) is 22.4 Å². The molecule has 2 rings (SSSR count). The van der Waals surface area contributed by atoms with Crippen LogP contribution in [-0.2, 0) is 17.9 Å². The van der Waals surface area contributed by atoms with E-state index in [0.717, 1.165) is 15.7 Å². The molecule has 112 valence electrons. The van der Waals surface area contributed by atoms with Crippen molar-refractivity contribution in [1.29, 1.82) is 0 Å². The minimum absolute atomic E-state index is 0.00578. The van der Waals surface area contributed by atoms with Crippen LogP contribution in [0.2, 0.25) is 0 Å². The largest absolute Gasteiger partial charge is 0.341 e. The summed E-state index contributed by atoms with van der Waals surface area (Å²) in [5.41, 5.74) is 1.98. The van der Waals surface area contributed by atoms with Crippen molar-refractivity contribution in [3.63, 3.8) is 0 Å². The van der Waals surface area contributed by atoms with Crippen molar-refractivity contribution in [2.24, 2.45) is 0 Å². The number of hydrogen-bond donors (Lipinski definition) is 0. The molecule has 0 radical (unpaired) electrons. The number of benzene rings is 1. The Balaban J connectivity index is 1.94. The van der Waals surface area contributed by atoms with Crippen molar-refractivity contribution in [3.8, 4) is 0 Å². The predicted octanol–water partition coefficient (Wildman–Crippen LogP) is 3.03. The lowest BCUT2D eigenvalue weighted by Crippen LogP contribution is -2.28. The molecule has 0 fully saturated rings. The third-order valence-corrected chi connectivity index (χ3v) is 4.97. The van der Waals surface area contributed by atoms with E-state index in [1.54, 1.807) is 16.5 Å². The number of hydrogen-bond acceptors (Lipinski definition) is 3. The van der Waals surface area contributed by atoms with Gasteiger partial charge in [0.25, 0.3) is 0 Å². The summed E-state index contributed by atoms with van der Waals surface area (Å²) in [5, 5.41) is 1.82. The van der Waals surface area contributed by atoms with Crippen LogP contribution in [0.3, 0.4) is 0 Å². The van der Waals surface area contributed by atoms with E-state index in [-0.39, 0.29) is 10.8 Å². The molecule has 0 aliphatic carbocycles. The van der Waals surface area contributed by atoms with Crippen LogP contribution in [0.5, 0.6) is 0 Å². The third kappa shape index (κ3) is 4.04. The normalized spacial score (nSPS) is 10.6. The Hall–Kier alpha value is -1.40. The number of carbonyl (C=O) groups excluding carboxylic acids is 1. The van der Waals surface area contributed by atoms with Gasteiger partial charge in [0.05, 0.1) is 0 Å². The molecule has 1 amide bonds. The molecule has 6 heteroatoms. The van der Waals surface area contributed by atoms with Gasteiger partial charge in [-0.25, -0.2) is 0 Å². The Kier molecular flexibility index (Phi) is 5.36. The highest BCUT2D eigenvalue weighted by Gasteiger charge is 2.12. The average molecular weight is 369 g/mol. The van der Waals surface area contributed by atoms with E-state index in [0.29, 0.717) is 19.5 Å². The van der Waals surface area contributed by atoms with Gasteiger partial charge in [-0.05, 0) is 18.6 Å². The molecule has 0 atom stereocenters. The first kappa shape index (κ1) is 16.0. The number of thiazole rings is 1. The lowest BCUT2D eigenvalue weighted by Gasteiger charge is -2.18. The van der Waals surface area contributed by atoms with Crippen LogP contribution in [0.15, 0.2) is 38.9 Å². The minimum Gasteiger partial charge on any atom is -0.341 e. The molecule has 0 saturated carbocycles. The van der Waals surface area contributed by atoms with E-state index < -0.39 is 0 Å². The molecule has 0 aliphatic rings. The maximum absolute atomic E-state index is 12.2. The molecular weight excluding hydrogens is 352 g/mol. The highest BCUT2D eigenvalue weighted by Crippen LogP contribution is 2.17. The fourth-order valence-corrected chi connectivity index (χ4v) is 3.21. The smallest absolute Gasteiger partial charge is 0.307 e. The van der Waals surface area contributed by atoms with Crippen molar-refractivity contribution in [2.45, 2.75) is 26.4 Å². The van der Waals surface area contributed by atoms with Crippen molar-refractivity contribution >= 4 is 33.2 Å². The Morgan fingerprint density at radius 1 is 1.38 bits per heavy atom. The summed E-state index contributed by atoms with van der Waals surface area (Å²) >= 11 is 4.65. The Morgan fingerprint density at radius 3 is 2.71 bits per heavy atom. The van der Waals surface area contributed by atoms with Crippen LogP contribution in [0.1, 0.15) is 17.7 Å². The second-order valence-electron chi connectivity index (χ2n) is 4.89. The van der Waals surface area contributed by atoms with Gasteiger partial charge in [-0.15, -0.1) is 0 Å². The summed E-state index contributed by atoms with van der Waals surface area (Å²) in [5.74, 6) is 0.0308. The van der Waals surface area contributed by atoms with Gasteiger partial charge in [0.15, 0.2) is 0 Å². The van der Waals surface area contributed by atoms with Gasteiger partial charge in [0, 0.05) is 42.1 Å². The SMILES string of the molecule is Cc1csc(=O)n1CCC(=O)N(C)Cc1ccccc1Br. The summed E-state index contributed by atoms with van der Waals surface area (Å²) < 4.78 is 2.64. The maximum Gasteiger partial charge on any atom is 0.307 e. The van der Waals surface area contributed by atoms with Crippen LogP contribution >= 0.6 is 27.3 Å². The lowest BCUT2D eigenvalue weighted by atomic mass is 10.2. The number of halogens is 1. The number of amides is 1. The molecule has 0 aliphatic heterocycles. The molecule has 0 spiro atoms. The molecule has 21 heavy (non-hydrogen) atoms. The van der Waals surface area contributed by atoms with Gasteiger partial charge in [0.1, 0.15) is 0 Å². The Morgan fingerprint density at radius 2 is 2.10 bits per heavy atom. The summed E-state index contributed by atoms with van der Waals surface area (Å²) in [6.45, 7) is 2.87. The van der Waals surface area contributed by atoms with Crippen molar-refractivity contribution in [3.05, 3.63) is 55.0 Å². The summed E-state index contributed by atoms with van der Waals surface area (Å²) in [6, 6.07) is 7.84. The molecule has 1 aromatic heterocycles.